The van der Waals surface area contributed by atoms with Gasteiger partial charge in [-0.3, -0.25) is 0 Å². The third kappa shape index (κ3) is 5.74. The van der Waals surface area contributed by atoms with E-state index in [4.69, 9.17) is 20.4 Å². The maximum absolute atomic E-state index is 10.2. The monoisotopic (exact) mass is 228 g/mol. The van der Waals surface area contributed by atoms with E-state index in [-0.39, 0.29) is 0 Å². The minimum absolute atomic E-state index is 0.331. The standard InChI is InChI=1S/C7H6O2.C3H6O4/c8-7(9)6-4-2-1-3-5-6;4-1-2(5)3(6)7/h1-5H,(H,8,9);2,4-5H,1H2,(H,6,7). The molecule has 0 saturated carbocycles. The first-order valence-electron chi connectivity index (χ1n) is 4.29. The zero-order chi connectivity index (χ0) is 12.6. The molecule has 0 aromatic heterocycles. The average Bonchev–Trinajstić information content (AvgIpc) is 2.29. The largest absolute Gasteiger partial charge is 0.479 e. The van der Waals surface area contributed by atoms with Crippen LogP contribution in [0.5, 0.6) is 0 Å². The van der Waals surface area contributed by atoms with E-state index in [0.29, 0.717) is 5.56 Å². The van der Waals surface area contributed by atoms with Crippen LogP contribution in [-0.4, -0.2) is 45.1 Å². The van der Waals surface area contributed by atoms with Gasteiger partial charge in [0.1, 0.15) is 0 Å². The van der Waals surface area contributed by atoms with Crippen LogP contribution in [0.4, 0.5) is 0 Å². The predicted octanol–water partition coefficient (Wildman–Crippen LogP) is -0.191. The highest BCUT2D eigenvalue weighted by molar-refractivity contribution is 5.87. The topological polar surface area (TPSA) is 115 Å². The first kappa shape index (κ1) is 14.1. The Morgan fingerprint density at radius 1 is 1.12 bits per heavy atom. The number of aromatic carboxylic acids is 1. The second kappa shape index (κ2) is 7.38. The van der Waals surface area contributed by atoms with Gasteiger partial charge in [0.25, 0.3) is 0 Å². The minimum Gasteiger partial charge on any atom is -0.479 e. The third-order valence-electron chi connectivity index (χ3n) is 1.48. The van der Waals surface area contributed by atoms with Crippen molar-refractivity contribution in [2.24, 2.45) is 0 Å². The van der Waals surface area contributed by atoms with Gasteiger partial charge in [-0.25, -0.2) is 9.59 Å². The fourth-order valence-electron chi connectivity index (χ4n) is 0.659. The number of carbonyl (C=O) groups is 2. The van der Waals surface area contributed by atoms with E-state index in [1.54, 1.807) is 30.3 Å². The summed E-state index contributed by atoms with van der Waals surface area (Å²) >= 11 is 0. The quantitative estimate of drug-likeness (QED) is 0.570. The summed E-state index contributed by atoms with van der Waals surface area (Å²) in [4.78, 5) is 19.7. The molecule has 0 fully saturated rings. The Morgan fingerprint density at radius 3 is 1.81 bits per heavy atom. The molecule has 1 aromatic rings. The number of rotatable bonds is 3. The third-order valence-corrected chi connectivity index (χ3v) is 1.48. The Bertz CT molecular complexity index is 334. The molecule has 88 valence electrons. The number of carboxylic acid groups (broad SMARTS) is 2. The Labute approximate surface area is 91.4 Å². The van der Waals surface area contributed by atoms with Gasteiger partial charge in [0.05, 0.1) is 12.2 Å². The number of aliphatic carboxylic acids is 1. The van der Waals surface area contributed by atoms with Crippen LogP contribution in [0.2, 0.25) is 0 Å². The fraction of sp³-hybridized carbons (Fsp3) is 0.200. The molecule has 0 aliphatic rings. The molecule has 4 N–H and O–H groups in total. The van der Waals surface area contributed by atoms with Gasteiger partial charge in [0, 0.05) is 0 Å². The number of aliphatic hydroxyl groups is 2. The van der Waals surface area contributed by atoms with Crippen LogP contribution < -0.4 is 0 Å². The van der Waals surface area contributed by atoms with Crippen molar-refractivity contribution in [2.45, 2.75) is 6.10 Å². The number of hydrogen-bond acceptors (Lipinski definition) is 4. The number of benzene rings is 1. The average molecular weight is 228 g/mol. The summed E-state index contributed by atoms with van der Waals surface area (Å²) < 4.78 is 0. The van der Waals surface area contributed by atoms with Crippen LogP contribution in [0.3, 0.4) is 0 Å². The van der Waals surface area contributed by atoms with E-state index in [2.05, 4.69) is 0 Å². The van der Waals surface area contributed by atoms with E-state index >= 15 is 0 Å². The van der Waals surface area contributed by atoms with Crippen molar-refractivity contribution in [1.82, 2.24) is 0 Å². The summed E-state index contributed by atoms with van der Waals surface area (Å²) in [7, 11) is 0. The normalized spacial score (nSPS) is 10.9. The molecule has 1 rings (SSSR count). The molecule has 0 heterocycles. The zero-order valence-electron chi connectivity index (χ0n) is 8.28. The zero-order valence-corrected chi connectivity index (χ0v) is 8.28. The van der Waals surface area contributed by atoms with E-state index < -0.39 is 24.6 Å². The molecular formula is C10H12O6. The van der Waals surface area contributed by atoms with Gasteiger partial charge in [-0.1, -0.05) is 18.2 Å². The molecule has 0 aliphatic carbocycles. The van der Waals surface area contributed by atoms with Gasteiger partial charge in [-0.2, -0.15) is 0 Å². The van der Waals surface area contributed by atoms with Crippen LogP contribution in [0, 0.1) is 0 Å². The summed E-state index contributed by atoms with van der Waals surface area (Å²) in [6.45, 7) is -0.727. The lowest BCUT2D eigenvalue weighted by Crippen LogP contribution is -2.22. The Morgan fingerprint density at radius 2 is 1.62 bits per heavy atom. The van der Waals surface area contributed by atoms with Crippen molar-refractivity contribution in [3.8, 4) is 0 Å². The molecule has 0 amide bonds. The van der Waals surface area contributed by atoms with Crippen LogP contribution in [0.1, 0.15) is 10.4 Å². The molecule has 16 heavy (non-hydrogen) atoms. The highest BCUT2D eigenvalue weighted by atomic mass is 16.4. The molecule has 0 radical (unpaired) electrons. The van der Waals surface area contributed by atoms with Crippen molar-refractivity contribution in [1.29, 1.82) is 0 Å². The second-order valence-electron chi connectivity index (χ2n) is 2.71. The van der Waals surface area contributed by atoms with Gasteiger partial charge < -0.3 is 20.4 Å². The maximum Gasteiger partial charge on any atom is 0.335 e. The number of aliphatic hydroxyl groups excluding tert-OH is 2. The first-order chi connectivity index (χ1) is 7.49. The van der Waals surface area contributed by atoms with Crippen LogP contribution in [0.25, 0.3) is 0 Å². The molecule has 6 heteroatoms. The highest BCUT2D eigenvalue weighted by Gasteiger charge is 2.08. The second-order valence-corrected chi connectivity index (χ2v) is 2.71. The molecule has 1 atom stereocenters. The smallest absolute Gasteiger partial charge is 0.335 e. The molecule has 0 spiro atoms. The molecule has 0 aliphatic heterocycles. The van der Waals surface area contributed by atoms with Crippen LogP contribution in [-0.2, 0) is 4.79 Å². The van der Waals surface area contributed by atoms with E-state index in [0.717, 1.165) is 0 Å². The molecule has 1 unspecified atom stereocenters. The summed E-state index contributed by atoms with van der Waals surface area (Å²) in [6, 6.07) is 8.30. The Balaban J connectivity index is 0.000000293. The lowest BCUT2D eigenvalue weighted by molar-refractivity contribution is -0.148. The summed E-state index contributed by atoms with van der Waals surface area (Å²) in [5.41, 5.74) is 0.331. The van der Waals surface area contributed by atoms with Gasteiger partial charge >= 0.3 is 11.9 Å². The lowest BCUT2D eigenvalue weighted by Gasteiger charge is -1.95. The van der Waals surface area contributed by atoms with Crippen molar-refractivity contribution >= 4 is 11.9 Å². The van der Waals surface area contributed by atoms with E-state index in [1.807, 2.05) is 0 Å². The summed E-state index contributed by atoms with van der Waals surface area (Å²) in [6.07, 6.45) is -1.63. The van der Waals surface area contributed by atoms with Gasteiger partial charge in [0.2, 0.25) is 0 Å². The van der Waals surface area contributed by atoms with Gasteiger partial charge in [0.15, 0.2) is 6.10 Å². The Kier molecular flexibility index (Phi) is 6.50. The summed E-state index contributed by atoms with van der Waals surface area (Å²) in [5.74, 6) is -2.28. The molecule has 1 aromatic carbocycles. The van der Waals surface area contributed by atoms with E-state index in [1.165, 1.54) is 0 Å². The van der Waals surface area contributed by atoms with Crippen LogP contribution >= 0.6 is 0 Å². The first-order valence-corrected chi connectivity index (χ1v) is 4.29. The molecular weight excluding hydrogens is 216 g/mol. The minimum atomic E-state index is -1.63. The van der Waals surface area contributed by atoms with Crippen molar-refractivity contribution < 1.29 is 30.0 Å². The fourth-order valence-corrected chi connectivity index (χ4v) is 0.659. The Hall–Kier alpha value is -1.92. The van der Waals surface area contributed by atoms with Crippen molar-refractivity contribution in [2.75, 3.05) is 6.61 Å². The van der Waals surface area contributed by atoms with Crippen LogP contribution in [0.15, 0.2) is 30.3 Å². The number of hydrogen-bond donors (Lipinski definition) is 4. The number of carboxylic acids is 2. The predicted molar refractivity (Wildman–Crippen MR) is 54.1 cm³/mol. The van der Waals surface area contributed by atoms with Crippen molar-refractivity contribution in [3.05, 3.63) is 35.9 Å². The molecule has 6 nitrogen and oxygen atoms in total. The lowest BCUT2D eigenvalue weighted by atomic mass is 10.2. The van der Waals surface area contributed by atoms with Crippen molar-refractivity contribution in [3.63, 3.8) is 0 Å². The van der Waals surface area contributed by atoms with E-state index in [9.17, 15) is 9.59 Å². The molecule has 0 saturated heterocycles. The van der Waals surface area contributed by atoms with Gasteiger partial charge in [-0.15, -0.1) is 0 Å². The SMILES string of the molecule is O=C(O)C(O)CO.O=C(O)c1ccccc1. The molecule has 0 bridgehead atoms. The maximum atomic E-state index is 10.2. The van der Waals surface area contributed by atoms with Gasteiger partial charge in [-0.05, 0) is 12.1 Å². The summed E-state index contributed by atoms with van der Waals surface area (Å²) in [5, 5.41) is 32.1. The highest BCUT2D eigenvalue weighted by Crippen LogP contribution is 1.96.